The van der Waals surface area contributed by atoms with Crippen molar-refractivity contribution in [3.63, 3.8) is 0 Å². The van der Waals surface area contributed by atoms with E-state index in [9.17, 15) is 4.21 Å². The first-order valence-corrected chi connectivity index (χ1v) is 12.7. The minimum atomic E-state index is -1.07. The lowest BCUT2D eigenvalue weighted by Crippen LogP contribution is -2.65. The van der Waals surface area contributed by atoms with Crippen molar-refractivity contribution in [2.45, 2.75) is 43.3 Å². The number of rotatable bonds is 10. The summed E-state index contributed by atoms with van der Waals surface area (Å²) in [6.45, 7) is 7.81. The largest absolute Gasteiger partial charge is 0.336 e. The highest BCUT2D eigenvalue weighted by molar-refractivity contribution is 7.84. The van der Waals surface area contributed by atoms with Crippen molar-refractivity contribution in [2.75, 3.05) is 43.9 Å². The summed E-state index contributed by atoms with van der Waals surface area (Å²) in [4.78, 5) is 14.2. The maximum Gasteiger partial charge on any atom is 0.225 e. The molecule has 1 saturated heterocycles. The second-order valence-electron chi connectivity index (χ2n) is 9.14. The number of anilines is 1. The SMILES string of the molecule is CC(CN)N(CCNC1CC2(C1)CN(Cc1ccccc1)C2)c1ncc(S(C)=O)cn1. The minimum Gasteiger partial charge on any atom is -0.336 e. The number of hydrogen-bond donors (Lipinski definition) is 2. The number of benzene rings is 1. The molecule has 4 rings (SSSR count). The Balaban J connectivity index is 1.20. The highest BCUT2D eigenvalue weighted by Crippen LogP contribution is 2.48. The third-order valence-corrected chi connectivity index (χ3v) is 7.46. The van der Waals surface area contributed by atoms with Gasteiger partial charge >= 0.3 is 0 Å². The van der Waals surface area contributed by atoms with Gasteiger partial charge in [-0.3, -0.25) is 9.11 Å². The second-order valence-corrected chi connectivity index (χ2v) is 10.5. The molecule has 2 aromatic rings. The number of nitrogens with one attached hydrogen (secondary N) is 1. The number of aromatic nitrogens is 2. The summed E-state index contributed by atoms with van der Waals surface area (Å²) in [5, 5.41) is 3.71. The molecule has 2 unspecified atom stereocenters. The van der Waals surface area contributed by atoms with E-state index in [1.807, 2.05) is 0 Å². The van der Waals surface area contributed by atoms with Crippen molar-refractivity contribution in [3.05, 3.63) is 48.3 Å². The standard InChI is InChI=1S/C23H34N6OS/c1-18(12-24)29(22-26-13-21(14-27-22)31(2)30)9-8-25-20-10-23(11-20)16-28(17-23)15-19-6-4-3-5-7-19/h3-7,13-14,18,20,25H,8-12,15-17,24H2,1-2H3. The van der Waals surface area contributed by atoms with Gasteiger partial charge in [0.2, 0.25) is 5.95 Å². The molecule has 1 aliphatic carbocycles. The van der Waals surface area contributed by atoms with Crippen molar-refractivity contribution in [2.24, 2.45) is 11.1 Å². The highest BCUT2D eigenvalue weighted by atomic mass is 32.2. The van der Waals surface area contributed by atoms with Gasteiger partial charge in [-0.25, -0.2) is 9.97 Å². The second kappa shape index (κ2) is 9.73. The fraction of sp³-hybridized carbons (Fsp3) is 0.565. The average Bonchev–Trinajstić information content (AvgIpc) is 2.73. The Morgan fingerprint density at radius 3 is 2.55 bits per heavy atom. The van der Waals surface area contributed by atoms with Crippen LogP contribution in [0.5, 0.6) is 0 Å². The smallest absolute Gasteiger partial charge is 0.225 e. The summed E-state index contributed by atoms with van der Waals surface area (Å²) in [6, 6.07) is 11.5. The molecular weight excluding hydrogens is 408 g/mol. The quantitative estimate of drug-likeness (QED) is 0.578. The average molecular weight is 443 g/mol. The summed E-state index contributed by atoms with van der Waals surface area (Å²) < 4.78 is 11.6. The van der Waals surface area contributed by atoms with Gasteiger partial charge in [-0.2, -0.15) is 0 Å². The van der Waals surface area contributed by atoms with Gasteiger partial charge in [-0.05, 0) is 30.7 Å². The van der Waals surface area contributed by atoms with Crippen molar-refractivity contribution in [1.82, 2.24) is 20.2 Å². The molecule has 7 nitrogen and oxygen atoms in total. The summed E-state index contributed by atoms with van der Waals surface area (Å²) in [6.07, 6.45) is 7.46. The van der Waals surface area contributed by atoms with Crippen LogP contribution in [-0.2, 0) is 17.3 Å². The maximum atomic E-state index is 11.6. The van der Waals surface area contributed by atoms with Crippen molar-refractivity contribution in [3.8, 4) is 0 Å². The third-order valence-electron chi connectivity index (χ3n) is 6.59. The monoisotopic (exact) mass is 442 g/mol. The topological polar surface area (TPSA) is 87.4 Å². The molecule has 1 aliphatic heterocycles. The molecule has 168 valence electrons. The molecular formula is C23H34N6OS. The number of nitrogens with two attached hydrogens (primary N) is 1. The van der Waals surface area contributed by atoms with Crippen LogP contribution in [0.15, 0.2) is 47.6 Å². The fourth-order valence-corrected chi connectivity index (χ4v) is 5.29. The molecule has 0 amide bonds. The molecule has 0 bridgehead atoms. The van der Waals surface area contributed by atoms with Crippen LogP contribution in [0, 0.1) is 5.41 Å². The Labute approximate surface area is 187 Å². The van der Waals surface area contributed by atoms with Gasteiger partial charge in [0.1, 0.15) is 0 Å². The molecule has 1 aromatic heterocycles. The van der Waals surface area contributed by atoms with Crippen molar-refractivity contribution < 1.29 is 4.21 Å². The molecule has 3 N–H and O–H groups in total. The first kappa shape index (κ1) is 22.3. The summed E-state index contributed by atoms with van der Waals surface area (Å²) in [5.74, 6) is 0.648. The molecule has 2 aliphatic rings. The summed E-state index contributed by atoms with van der Waals surface area (Å²) in [7, 11) is -1.07. The minimum absolute atomic E-state index is 0.144. The molecule has 2 atom stereocenters. The van der Waals surface area contributed by atoms with E-state index in [2.05, 4.69) is 62.3 Å². The van der Waals surface area contributed by atoms with Crippen LogP contribution in [0.1, 0.15) is 25.3 Å². The lowest BCUT2D eigenvalue weighted by molar-refractivity contribution is -0.0826. The van der Waals surface area contributed by atoms with E-state index in [1.54, 1.807) is 18.6 Å². The molecule has 2 heterocycles. The van der Waals surface area contributed by atoms with Gasteiger partial charge < -0.3 is 16.0 Å². The van der Waals surface area contributed by atoms with E-state index < -0.39 is 10.8 Å². The van der Waals surface area contributed by atoms with Crippen LogP contribution in [0.25, 0.3) is 0 Å². The van der Waals surface area contributed by atoms with Gasteiger partial charge in [0, 0.05) is 70.0 Å². The van der Waals surface area contributed by atoms with Crippen LogP contribution in [0.4, 0.5) is 5.95 Å². The maximum absolute atomic E-state index is 11.6. The van der Waals surface area contributed by atoms with E-state index >= 15 is 0 Å². The summed E-state index contributed by atoms with van der Waals surface area (Å²) >= 11 is 0. The normalized spacial score (nSPS) is 20.1. The van der Waals surface area contributed by atoms with Crippen LogP contribution in [0.2, 0.25) is 0 Å². The van der Waals surface area contributed by atoms with Gasteiger partial charge in [-0.15, -0.1) is 0 Å². The van der Waals surface area contributed by atoms with E-state index in [0.717, 1.165) is 19.6 Å². The zero-order chi connectivity index (χ0) is 21.8. The predicted molar refractivity (Wildman–Crippen MR) is 125 cm³/mol. The number of likely N-dealkylation sites (tertiary alicyclic amines) is 1. The van der Waals surface area contributed by atoms with Crippen molar-refractivity contribution in [1.29, 1.82) is 0 Å². The van der Waals surface area contributed by atoms with E-state index in [-0.39, 0.29) is 6.04 Å². The highest BCUT2D eigenvalue weighted by Gasteiger charge is 2.51. The first-order valence-electron chi connectivity index (χ1n) is 11.1. The molecule has 2 fully saturated rings. The third kappa shape index (κ3) is 5.31. The molecule has 31 heavy (non-hydrogen) atoms. The van der Waals surface area contributed by atoms with Gasteiger partial charge in [0.05, 0.1) is 15.7 Å². The van der Waals surface area contributed by atoms with E-state index in [4.69, 9.17) is 5.73 Å². The molecule has 1 aromatic carbocycles. The van der Waals surface area contributed by atoms with E-state index in [1.165, 1.54) is 31.5 Å². The van der Waals surface area contributed by atoms with Crippen LogP contribution < -0.4 is 16.0 Å². The fourth-order valence-electron chi connectivity index (χ4n) is 4.88. The zero-order valence-electron chi connectivity index (χ0n) is 18.5. The Hall–Kier alpha value is -1.87. The zero-order valence-corrected chi connectivity index (χ0v) is 19.4. The molecule has 1 saturated carbocycles. The van der Waals surface area contributed by atoms with Crippen LogP contribution in [0.3, 0.4) is 0 Å². The van der Waals surface area contributed by atoms with Gasteiger partial charge in [0.15, 0.2) is 0 Å². The van der Waals surface area contributed by atoms with Crippen molar-refractivity contribution >= 4 is 16.7 Å². The first-order chi connectivity index (χ1) is 15.0. The van der Waals surface area contributed by atoms with E-state index in [0.29, 0.717) is 28.8 Å². The molecule has 8 heteroatoms. The Morgan fingerprint density at radius 1 is 1.26 bits per heavy atom. The Bertz CT molecular complexity index is 863. The number of hydrogen-bond acceptors (Lipinski definition) is 7. The number of nitrogens with zero attached hydrogens (tertiary/aromatic N) is 4. The van der Waals surface area contributed by atoms with Crippen LogP contribution in [-0.4, -0.2) is 70.1 Å². The van der Waals surface area contributed by atoms with Gasteiger partial charge in [-0.1, -0.05) is 30.3 Å². The lowest BCUT2D eigenvalue weighted by atomic mass is 9.60. The summed E-state index contributed by atoms with van der Waals surface area (Å²) in [5.41, 5.74) is 7.85. The molecule has 1 spiro atoms. The Kier molecular flexibility index (Phi) is 7.01. The van der Waals surface area contributed by atoms with Gasteiger partial charge in [0.25, 0.3) is 0 Å². The lowest BCUT2D eigenvalue weighted by Gasteiger charge is -2.59. The molecule has 0 radical (unpaired) electrons. The predicted octanol–water partition coefficient (Wildman–Crippen LogP) is 1.62. The van der Waals surface area contributed by atoms with Crippen LogP contribution >= 0.6 is 0 Å². The Morgan fingerprint density at radius 2 is 1.94 bits per heavy atom.